The van der Waals surface area contributed by atoms with Crippen LogP contribution in [0, 0.1) is 5.92 Å². The van der Waals surface area contributed by atoms with Crippen LogP contribution in [0.5, 0.6) is 0 Å². The number of amides is 2. The molecule has 3 aliphatic rings. The van der Waals surface area contributed by atoms with Gasteiger partial charge in [0.25, 0.3) is 5.91 Å². The second-order valence-corrected chi connectivity index (χ2v) is 13.5. The fraction of sp³-hybridized carbons (Fsp3) is 0.500. The molecule has 1 N–H and O–H groups in total. The minimum absolute atomic E-state index is 0.108. The van der Waals surface area contributed by atoms with E-state index in [9.17, 15) is 22.8 Å². The lowest BCUT2D eigenvalue weighted by Crippen LogP contribution is -2.53. The average molecular weight is 582 g/mol. The maximum absolute atomic E-state index is 13.8. The smallest absolute Gasteiger partial charge is 0.251 e. The number of carbonyl (C=O) groups is 3. The molecule has 3 saturated heterocycles. The van der Waals surface area contributed by atoms with Crippen LogP contribution in [0.1, 0.15) is 37.0 Å². The Hall–Kier alpha value is -3.28. The van der Waals surface area contributed by atoms with Gasteiger partial charge in [0.05, 0.1) is 17.5 Å². The minimum Gasteiger partial charge on any atom is -0.369 e. The molecule has 3 fully saturated rings. The van der Waals surface area contributed by atoms with E-state index in [2.05, 4.69) is 22.2 Å². The lowest BCUT2D eigenvalue weighted by Gasteiger charge is -2.34. The van der Waals surface area contributed by atoms with E-state index >= 15 is 0 Å². The normalized spacial score (nSPS) is 22.7. The van der Waals surface area contributed by atoms with Crippen molar-refractivity contribution in [3.63, 3.8) is 0 Å². The Labute approximate surface area is 242 Å². The van der Waals surface area contributed by atoms with Gasteiger partial charge >= 0.3 is 0 Å². The standard InChI is InChI=1S/C30H39N5O5S/c1-21(2)19-25(31-29(37)22-9-11-23(12-10-22)33-17-15-32(3)16-18-33)30(38)34-14-13-26-28(34)27(36)20-35(26)41(39,40)24-7-5-4-6-8-24/h4-12,21,25-26,28H,13-20H2,1-3H3,(H,31,37). The molecule has 0 spiro atoms. The Bertz CT molecular complexity index is 1370. The van der Waals surface area contributed by atoms with Crippen LogP contribution in [0.4, 0.5) is 5.69 Å². The van der Waals surface area contributed by atoms with Crippen molar-refractivity contribution in [3.05, 3.63) is 60.2 Å². The second kappa shape index (κ2) is 11.9. The van der Waals surface area contributed by atoms with Crippen molar-refractivity contribution in [2.24, 2.45) is 5.92 Å². The van der Waals surface area contributed by atoms with Crippen LogP contribution in [0.15, 0.2) is 59.5 Å². The van der Waals surface area contributed by atoms with Gasteiger partial charge in [-0.05, 0) is 62.2 Å². The Morgan fingerprint density at radius 1 is 0.951 bits per heavy atom. The summed E-state index contributed by atoms with van der Waals surface area (Å²) in [6.45, 7) is 7.75. The van der Waals surface area contributed by atoms with Crippen molar-refractivity contribution in [2.45, 2.75) is 49.7 Å². The summed E-state index contributed by atoms with van der Waals surface area (Å²) < 4.78 is 27.9. The first-order valence-electron chi connectivity index (χ1n) is 14.3. The minimum atomic E-state index is -3.88. The Kier molecular flexibility index (Phi) is 8.49. The highest BCUT2D eigenvalue weighted by Gasteiger charge is 2.54. The van der Waals surface area contributed by atoms with E-state index in [1.54, 1.807) is 30.3 Å². The first kappa shape index (κ1) is 29.2. The zero-order valence-electron chi connectivity index (χ0n) is 23.9. The third kappa shape index (κ3) is 6.02. The number of nitrogens with zero attached hydrogens (tertiary/aromatic N) is 4. The highest BCUT2D eigenvalue weighted by Crippen LogP contribution is 2.34. The van der Waals surface area contributed by atoms with Crippen LogP contribution in [-0.4, -0.2) is 105 Å². The number of rotatable bonds is 8. The van der Waals surface area contributed by atoms with Gasteiger partial charge in [0.1, 0.15) is 12.1 Å². The predicted molar refractivity (Wildman–Crippen MR) is 156 cm³/mol. The molecule has 3 aliphatic heterocycles. The van der Waals surface area contributed by atoms with E-state index in [4.69, 9.17) is 0 Å². The maximum Gasteiger partial charge on any atom is 0.251 e. The van der Waals surface area contributed by atoms with Gasteiger partial charge in [-0.1, -0.05) is 32.0 Å². The zero-order valence-corrected chi connectivity index (χ0v) is 24.7. The first-order chi connectivity index (χ1) is 19.6. The molecule has 0 saturated carbocycles. The molecule has 10 nitrogen and oxygen atoms in total. The third-order valence-corrected chi connectivity index (χ3v) is 10.2. The van der Waals surface area contributed by atoms with E-state index < -0.39 is 28.1 Å². The molecule has 41 heavy (non-hydrogen) atoms. The highest BCUT2D eigenvalue weighted by molar-refractivity contribution is 7.89. The fourth-order valence-corrected chi connectivity index (χ4v) is 7.74. The molecular weight excluding hydrogens is 542 g/mol. The number of nitrogens with one attached hydrogen (secondary N) is 1. The summed E-state index contributed by atoms with van der Waals surface area (Å²) in [5.41, 5.74) is 1.52. The number of hydrogen-bond donors (Lipinski definition) is 1. The van der Waals surface area contributed by atoms with Crippen molar-refractivity contribution in [2.75, 3.05) is 51.2 Å². The van der Waals surface area contributed by atoms with E-state index in [0.29, 0.717) is 18.4 Å². The summed E-state index contributed by atoms with van der Waals surface area (Å²) in [5, 5.41) is 2.91. The van der Waals surface area contributed by atoms with Crippen molar-refractivity contribution < 1.29 is 22.8 Å². The van der Waals surface area contributed by atoms with Gasteiger partial charge in [0, 0.05) is 44.0 Å². The number of likely N-dealkylation sites (N-methyl/N-ethyl adjacent to an activating group) is 1. The number of sulfonamides is 1. The number of ketones is 1. The topological polar surface area (TPSA) is 110 Å². The van der Waals surface area contributed by atoms with E-state index in [0.717, 1.165) is 31.9 Å². The van der Waals surface area contributed by atoms with E-state index in [1.165, 1.54) is 21.3 Å². The summed E-state index contributed by atoms with van der Waals surface area (Å²) in [5.74, 6) is -0.886. The number of fused-ring (bicyclic) bond motifs is 1. The van der Waals surface area contributed by atoms with Crippen molar-refractivity contribution in [1.29, 1.82) is 0 Å². The summed E-state index contributed by atoms with van der Waals surface area (Å²) in [6, 6.07) is 13.2. The molecule has 0 radical (unpaired) electrons. The van der Waals surface area contributed by atoms with Crippen LogP contribution in [0.3, 0.4) is 0 Å². The lowest BCUT2D eigenvalue weighted by molar-refractivity contribution is -0.138. The van der Waals surface area contributed by atoms with Crippen LogP contribution in [0.25, 0.3) is 0 Å². The fourth-order valence-electron chi connectivity index (χ4n) is 6.09. The third-order valence-electron chi connectivity index (χ3n) is 8.32. The van der Waals surface area contributed by atoms with Crippen LogP contribution < -0.4 is 10.2 Å². The summed E-state index contributed by atoms with van der Waals surface area (Å²) >= 11 is 0. The predicted octanol–water partition coefficient (Wildman–Crippen LogP) is 1.83. The van der Waals surface area contributed by atoms with Gasteiger partial charge in [-0.25, -0.2) is 8.42 Å². The van der Waals surface area contributed by atoms with Gasteiger partial charge in [-0.3, -0.25) is 14.4 Å². The molecule has 0 bridgehead atoms. The number of anilines is 1. The summed E-state index contributed by atoms with van der Waals surface area (Å²) in [7, 11) is -1.78. The molecule has 2 aromatic rings. The van der Waals surface area contributed by atoms with Gasteiger partial charge in [0.15, 0.2) is 5.78 Å². The van der Waals surface area contributed by atoms with Crippen LogP contribution in [0.2, 0.25) is 0 Å². The molecule has 5 rings (SSSR count). The highest BCUT2D eigenvalue weighted by atomic mass is 32.2. The van der Waals surface area contributed by atoms with E-state index in [-0.39, 0.29) is 41.5 Å². The Morgan fingerprint density at radius 2 is 1.61 bits per heavy atom. The Balaban J connectivity index is 1.29. The van der Waals surface area contributed by atoms with Gasteiger partial charge in [-0.2, -0.15) is 4.31 Å². The average Bonchev–Trinajstić information content (AvgIpc) is 3.54. The number of benzene rings is 2. The van der Waals surface area contributed by atoms with Gasteiger partial charge in [-0.15, -0.1) is 0 Å². The molecule has 3 heterocycles. The quantitative estimate of drug-likeness (QED) is 0.507. The largest absolute Gasteiger partial charge is 0.369 e. The molecule has 11 heteroatoms. The van der Waals surface area contributed by atoms with E-state index in [1.807, 2.05) is 26.0 Å². The number of likely N-dealkylation sites (tertiary alicyclic amines) is 1. The molecule has 2 amide bonds. The Morgan fingerprint density at radius 3 is 2.24 bits per heavy atom. The van der Waals surface area contributed by atoms with Gasteiger partial charge in [0.2, 0.25) is 15.9 Å². The molecule has 2 aromatic carbocycles. The second-order valence-electron chi connectivity index (χ2n) is 11.7. The number of hydrogen-bond acceptors (Lipinski definition) is 7. The van der Waals surface area contributed by atoms with Crippen LogP contribution >= 0.6 is 0 Å². The monoisotopic (exact) mass is 581 g/mol. The first-order valence-corrected chi connectivity index (χ1v) is 15.7. The number of carbonyl (C=O) groups excluding carboxylic acids is 3. The molecule has 0 aliphatic carbocycles. The van der Waals surface area contributed by atoms with Crippen molar-refractivity contribution in [3.8, 4) is 0 Å². The molecule has 3 atom stereocenters. The molecule has 3 unspecified atom stereocenters. The maximum atomic E-state index is 13.8. The number of piperazine rings is 1. The van der Waals surface area contributed by atoms with Crippen LogP contribution in [-0.2, 0) is 19.6 Å². The molecule has 220 valence electrons. The summed E-state index contributed by atoms with van der Waals surface area (Å²) in [4.78, 5) is 46.4. The van der Waals surface area contributed by atoms with Crippen molar-refractivity contribution in [1.82, 2.24) is 19.4 Å². The molecular formula is C30H39N5O5S. The summed E-state index contributed by atoms with van der Waals surface area (Å²) in [6.07, 6.45) is 0.766. The lowest BCUT2D eigenvalue weighted by atomic mass is 10.0. The molecule has 0 aromatic heterocycles. The number of Topliss-reactive ketones (excluding diaryl/α,β-unsaturated/α-hetero) is 1. The zero-order chi connectivity index (χ0) is 29.3. The van der Waals surface area contributed by atoms with Crippen molar-refractivity contribution >= 4 is 33.3 Å². The van der Waals surface area contributed by atoms with Gasteiger partial charge < -0.3 is 20.0 Å². The SMILES string of the molecule is CC(C)CC(NC(=O)c1ccc(N2CCN(C)CC2)cc1)C(=O)N1CCC2C1C(=O)CN2S(=O)(=O)c1ccccc1.